The molecule has 2 atom stereocenters. The summed E-state index contributed by atoms with van der Waals surface area (Å²) in [5.41, 5.74) is 5.18. The Balaban J connectivity index is 0. The summed E-state index contributed by atoms with van der Waals surface area (Å²) in [5, 5.41) is 18.0. The lowest BCUT2D eigenvalue weighted by Crippen LogP contribution is -2.45. The van der Waals surface area contributed by atoms with Gasteiger partial charge >= 0.3 is 5.97 Å². The average Bonchev–Trinajstić information content (AvgIpc) is 2.02. The quantitative estimate of drug-likeness (QED) is 0.483. The van der Waals surface area contributed by atoms with E-state index in [4.69, 9.17) is 20.7 Å². The van der Waals surface area contributed by atoms with Crippen LogP contribution in [0.1, 0.15) is 20.8 Å². The van der Waals surface area contributed by atoms with Crippen LogP contribution in [0.25, 0.3) is 0 Å². The van der Waals surface area contributed by atoms with Crippen molar-refractivity contribution < 1.29 is 24.6 Å². The van der Waals surface area contributed by atoms with Crippen molar-refractivity contribution in [3.8, 4) is 0 Å². The van der Waals surface area contributed by atoms with Crippen LogP contribution in [0.4, 0.5) is 0 Å². The molecule has 0 aromatic rings. The number of nitrogens with one attached hydrogen (secondary N) is 1. The Hall–Kier alpha value is -1.63. The van der Waals surface area contributed by atoms with Gasteiger partial charge in [-0.05, 0) is 13.8 Å². The molecule has 0 spiro atoms. The monoisotopic (exact) mass is 220 g/mol. The van der Waals surface area contributed by atoms with Crippen molar-refractivity contribution in [2.45, 2.75) is 32.9 Å². The van der Waals surface area contributed by atoms with Crippen molar-refractivity contribution in [2.75, 3.05) is 0 Å². The Morgan fingerprint density at radius 2 is 1.53 bits per heavy atom. The molecule has 0 heterocycles. The zero-order valence-electron chi connectivity index (χ0n) is 8.85. The number of rotatable bonds is 3. The molecule has 15 heavy (non-hydrogen) atoms. The number of carboxylic acid groups (broad SMARTS) is 2. The Labute approximate surface area is 87.3 Å². The smallest absolute Gasteiger partial charge is 0.325 e. The van der Waals surface area contributed by atoms with Gasteiger partial charge in [-0.15, -0.1) is 0 Å². The second-order valence-electron chi connectivity index (χ2n) is 2.88. The zero-order valence-corrected chi connectivity index (χ0v) is 8.85. The predicted octanol–water partition coefficient (Wildman–Crippen LogP) is -0.986. The Kier molecular flexibility index (Phi) is 8.17. The summed E-state index contributed by atoms with van der Waals surface area (Å²) in [6.45, 7) is 3.95. The lowest BCUT2D eigenvalue weighted by atomic mass is 10.3. The van der Waals surface area contributed by atoms with Gasteiger partial charge in [-0.2, -0.15) is 0 Å². The highest BCUT2D eigenvalue weighted by Crippen LogP contribution is 1.83. The Morgan fingerprint density at radius 3 is 1.73 bits per heavy atom. The van der Waals surface area contributed by atoms with Crippen LogP contribution in [0.3, 0.4) is 0 Å². The van der Waals surface area contributed by atoms with Gasteiger partial charge in [0.15, 0.2) is 0 Å². The number of amides is 1. The number of aliphatic carboxylic acids is 2. The SMILES string of the molecule is CC(=O)O.C[C@H](N)C(=O)N[C@@H](C)C(=O)O. The summed E-state index contributed by atoms with van der Waals surface area (Å²) in [6.07, 6.45) is 0. The molecule has 0 aromatic heterocycles. The second kappa shape index (κ2) is 7.74. The maximum absolute atomic E-state index is 10.8. The maximum Gasteiger partial charge on any atom is 0.325 e. The van der Waals surface area contributed by atoms with Crippen molar-refractivity contribution in [2.24, 2.45) is 5.73 Å². The van der Waals surface area contributed by atoms with Crippen LogP contribution in [0.15, 0.2) is 0 Å². The van der Waals surface area contributed by atoms with Crippen LogP contribution in [0, 0.1) is 0 Å². The number of hydrogen-bond donors (Lipinski definition) is 4. The third-order valence-corrected chi connectivity index (χ3v) is 1.14. The topological polar surface area (TPSA) is 130 Å². The van der Waals surface area contributed by atoms with E-state index in [1.165, 1.54) is 13.8 Å². The molecule has 0 rings (SSSR count). The summed E-state index contributed by atoms with van der Waals surface area (Å²) < 4.78 is 0. The van der Waals surface area contributed by atoms with Crippen LogP contribution in [-0.2, 0) is 14.4 Å². The van der Waals surface area contributed by atoms with E-state index >= 15 is 0 Å². The molecule has 0 fully saturated rings. The van der Waals surface area contributed by atoms with Crippen LogP contribution in [-0.4, -0.2) is 40.1 Å². The third-order valence-electron chi connectivity index (χ3n) is 1.14. The molecule has 0 bridgehead atoms. The van der Waals surface area contributed by atoms with E-state index in [2.05, 4.69) is 5.32 Å². The van der Waals surface area contributed by atoms with Crippen molar-refractivity contribution in [1.82, 2.24) is 5.32 Å². The summed E-state index contributed by atoms with van der Waals surface area (Å²) in [5.74, 6) is -2.36. The number of carbonyl (C=O) groups is 3. The number of hydrogen-bond acceptors (Lipinski definition) is 4. The van der Waals surface area contributed by atoms with Gasteiger partial charge in [0.2, 0.25) is 5.91 Å². The van der Waals surface area contributed by atoms with Crippen LogP contribution in [0.2, 0.25) is 0 Å². The minimum Gasteiger partial charge on any atom is -0.481 e. The molecule has 7 heteroatoms. The molecular formula is C8H16N2O5. The number of carbonyl (C=O) groups excluding carboxylic acids is 1. The van der Waals surface area contributed by atoms with Crippen LogP contribution < -0.4 is 11.1 Å². The molecule has 0 saturated carbocycles. The molecule has 5 N–H and O–H groups in total. The zero-order chi connectivity index (χ0) is 12.6. The van der Waals surface area contributed by atoms with Crippen LogP contribution >= 0.6 is 0 Å². The van der Waals surface area contributed by atoms with Gasteiger partial charge in [0.05, 0.1) is 6.04 Å². The Morgan fingerprint density at radius 1 is 1.20 bits per heavy atom. The van der Waals surface area contributed by atoms with Gasteiger partial charge in [-0.1, -0.05) is 0 Å². The van der Waals surface area contributed by atoms with E-state index in [9.17, 15) is 9.59 Å². The first-order valence-corrected chi connectivity index (χ1v) is 4.16. The van der Waals surface area contributed by atoms with Gasteiger partial charge in [-0.3, -0.25) is 14.4 Å². The highest BCUT2D eigenvalue weighted by Gasteiger charge is 2.15. The molecule has 0 radical (unpaired) electrons. The fraction of sp³-hybridized carbons (Fsp3) is 0.625. The number of nitrogens with two attached hydrogens (primary N) is 1. The van der Waals surface area contributed by atoms with Gasteiger partial charge in [0.25, 0.3) is 5.97 Å². The third kappa shape index (κ3) is 12.4. The lowest BCUT2D eigenvalue weighted by molar-refractivity contribution is -0.141. The van der Waals surface area contributed by atoms with Gasteiger partial charge in [0, 0.05) is 6.92 Å². The average molecular weight is 220 g/mol. The Bertz CT molecular complexity index is 235. The molecule has 0 unspecified atom stereocenters. The van der Waals surface area contributed by atoms with Gasteiger partial charge in [0.1, 0.15) is 6.04 Å². The fourth-order valence-corrected chi connectivity index (χ4v) is 0.407. The van der Waals surface area contributed by atoms with Gasteiger partial charge < -0.3 is 21.3 Å². The van der Waals surface area contributed by atoms with E-state index in [0.29, 0.717) is 0 Å². The van der Waals surface area contributed by atoms with E-state index in [1.807, 2.05) is 0 Å². The number of carboxylic acids is 2. The first-order chi connectivity index (χ1) is 6.68. The largest absolute Gasteiger partial charge is 0.481 e. The fourth-order valence-electron chi connectivity index (χ4n) is 0.407. The van der Waals surface area contributed by atoms with E-state index in [0.717, 1.165) is 6.92 Å². The normalized spacial score (nSPS) is 12.8. The summed E-state index contributed by atoms with van der Waals surface area (Å²) in [4.78, 5) is 30.0. The van der Waals surface area contributed by atoms with Crippen molar-refractivity contribution in [3.63, 3.8) is 0 Å². The summed E-state index contributed by atoms with van der Waals surface area (Å²) in [6, 6.07) is -1.55. The molecular weight excluding hydrogens is 204 g/mol. The molecule has 0 aliphatic carbocycles. The second-order valence-corrected chi connectivity index (χ2v) is 2.88. The molecule has 0 aliphatic heterocycles. The van der Waals surface area contributed by atoms with E-state index in [1.54, 1.807) is 0 Å². The minimum atomic E-state index is -1.07. The highest BCUT2D eigenvalue weighted by atomic mass is 16.4. The lowest BCUT2D eigenvalue weighted by Gasteiger charge is -2.10. The highest BCUT2D eigenvalue weighted by molar-refractivity contribution is 5.86. The van der Waals surface area contributed by atoms with Crippen molar-refractivity contribution in [3.05, 3.63) is 0 Å². The van der Waals surface area contributed by atoms with E-state index in [-0.39, 0.29) is 0 Å². The van der Waals surface area contributed by atoms with Crippen molar-refractivity contribution in [1.29, 1.82) is 0 Å². The molecule has 0 aliphatic rings. The van der Waals surface area contributed by atoms with Crippen LogP contribution in [0.5, 0.6) is 0 Å². The molecule has 88 valence electrons. The first-order valence-electron chi connectivity index (χ1n) is 4.16. The minimum absolute atomic E-state index is 0.458. The summed E-state index contributed by atoms with van der Waals surface area (Å²) >= 11 is 0. The molecule has 0 aromatic carbocycles. The first kappa shape index (κ1) is 15.8. The molecule has 7 nitrogen and oxygen atoms in total. The van der Waals surface area contributed by atoms with Gasteiger partial charge in [-0.25, -0.2) is 0 Å². The molecule has 0 saturated heterocycles. The predicted molar refractivity (Wildman–Crippen MR) is 52.2 cm³/mol. The summed E-state index contributed by atoms with van der Waals surface area (Å²) in [7, 11) is 0. The maximum atomic E-state index is 10.8. The van der Waals surface area contributed by atoms with Crippen molar-refractivity contribution >= 4 is 17.8 Å². The standard InChI is InChI=1S/C6H12N2O3.C2H4O2/c1-3(7)5(9)8-4(2)6(10)11;1-2(3)4/h3-4H,7H2,1-2H3,(H,8,9)(H,10,11);1H3,(H,3,4)/t3-,4-;/m0./s1. The molecule has 1 amide bonds. The van der Waals surface area contributed by atoms with E-state index < -0.39 is 29.9 Å².